The van der Waals surface area contributed by atoms with Crippen LogP contribution in [-0.4, -0.2) is 29.1 Å². The van der Waals surface area contributed by atoms with Gasteiger partial charge < -0.3 is 15.4 Å². The van der Waals surface area contributed by atoms with Gasteiger partial charge in [-0.25, -0.2) is 4.98 Å². The number of nitrogens with zero attached hydrogens (tertiary/aromatic N) is 3. The van der Waals surface area contributed by atoms with Crippen molar-refractivity contribution < 1.29 is 4.74 Å². The monoisotopic (exact) mass is 260 g/mol. The molecule has 0 bridgehead atoms. The average molecular weight is 260 g/mol. The zero-order valence-electron chi connectivity index (χ0n) is 11.1. The number of nitrogen functional groups attached to an aromatic ring is 1. The Morgan fingerprint density at radius 1 is 1.42 bits per heavy atom. The minimum Gasteiger partial charge on any atom is -0.492 e. The summed E-state index contributed by atoms with van der Waals surface area (Å²) in [6, 6.07) is 3.86. The predicted octanol–water partition coefficient (Wildman–Crippen LogP) is 2.16. The third kappa shape index (κ3) is 4.02. The Morgan fingerprint density at radius 2 is 2.21 bits per heavy atom. The van der Waals surface area contributed by atoms with E-state index < -0.39 is 0 Å². The summed E-state index contributed by atoms with van der Waals surface area (Å²) in [6.07, 6.45) is 9.89. The third-order valence-corrected chi connectivity index (χ3v) is 3.50. The highest BCUT2D eigenvalue weighted by molar-refractivity contribution is 5.35. The van der Waals surface area contributed by atoms with Gasteiger partial charge in [0.1, 0.15) is 18.2 Å². The molecule has 19 heavy (non-hydrogen) atoms. The van der Waals surface area contributed by atoms with Crippen LogP contribution in [0.3, 0.4) is 0 Å². The van der Waals surface area contributed by atoms with Crippen molar-refractivity contribution in [2.75, 3.05) is 18.9 Å². The molecule has 1 heterocycles. The Bertz CT molecular complexity index is 437. The van der Waals surface area contributed by atoms with E-state index >= 15 is 0 Å². The lowest BCUT2D eigenvalue weighted by Gasteiger charge is -2.29. The second-order valence-corrected chi connectivity index (χ2v) is 4.85. The van der Waals surface area contributed by atoms with Crippen molar-refractivity contribution in [3.8, 4) is 11.9 Å². The highest BCUT2D eigenvalue weighted by atomic mass is 16.5. The number of nitrogens with two attached hydrogens (primary N) is 1. The van der Waals surface area contributed by atoms with E-state index in [0.29, 0.717) is 30.8 Å². The predicted molar refractivity (Wildman–Crippen MR) is 73.3 cm³/mol. The summed E-state index contributed by atoms with van der Waals surface area (Å²) < 4.78 is 5.60. The Morgan fingerprint density at radius 3 is 2.89 bits per heavy atom. The molecule has 0 atom stereocenters. The van der Waals surface area contributed by atoms with Crippen LogP contribution in [0.25, 0.3) is 0 Å². The number of hydrogen-bond acceptors (Lipinski definition) is 5. The van der Waals surface area contributed by atoms with Crippen LogP contribution in [0, 0.1) is 11.5 Å². The Hall–Kier alpha value is -1.96. The summed E-state index contributed by atoms with van der Waals surface area (Å²) >= 11 is 0. The van der Waals surface area contributed by atoms with E-state index in [4.69, 9.17) is 10.5 Å². The van der Waals surface area contributed by atoms with Crippen molar-refractivity contribution in [1.82, 2.24) is 9.88 Å². The largest absolute Gasteiger partial charge is 0.492 e. The fourth-order valence-electron chi connectivity index (χ4n) is 2.49. The lowest BCUT2D eigenvalue weighted by molar-refractivity contribution is 0.189. The fourth-order valence-corrected chi connectivity index (χ4v) is 2.49. The van der Waals surface area contributed by atoms with Crippen LogP contribution in [0.4, 0.5) is 5.82 Å². The maximum absolute atomic E-state index is 9.21. The van der Waals surface area contributed by atoms with Gasteiger partial charge in [0.2, 0.25) is 0 Å². The summed E-state index contributed by atoms with van der Waals surface area (Å²) in [5.74, 6) is 1.15. The fraction of sp³-hybridized carbons (Fsp3) is 0.571. The number of hydrogen-bond donors (Lipinski definition) is 1. The normalized spacial score (nSPS) is 15.7. The van der Waals surface area contributed by atoms with Crippen molar-refractivity contribution in [1.29, 1.82) is 5.26 Å². The molecule has 1 aliphatic carbocycles. The molecule has 0 amide bonds. The zero-order valence-corrected chi connectivity index (χ0v) is 11.1. The van der Waals surface area contributed by atoms with Gasteiger partial charge in [0.15, 0.2) is 6.19 Å². The number of anilines is 1. The summed E-state index contributed by atoms with van der Waals surface area (Å²) in [5, 5.41) is 9.21. The second-order valence-electron chi connectivity index (χ2n) is 4.85. The van der Waals surface area contributed by atoms with Gasteiger partial charge in [-0.2, -0.15) is 5.26 Å². The first-order chi connectivity index (χ1) is 9.29. The molecule has 1 aromatic heterocycles. The van der Waals surface area contributed by atoms with E-state index in [2.05, 4.69) is 11.2 Å². The first-order valence-corrected chi connectivity index (χ1v) is 6.80. The first-order valence-electron chi connectivity index (χ1n) is 6.80. The standard InChI is InChI=1S/C14H20N4O/c15-11-18(12-4-2-1-3-5-12)8-9-19-13-6-7-17-14(16)10-13/h6-7,10,12H,1-5,8-9H2,(H2,16,17). The smallest absolute Gasteiger partial charge is 0.179 e. The van der Waals surface area contributed by atoms with Gasteiger partial charge in [0, 0.05) is 18.3 Å². The van der Waals surface area contributed by atoms with Crippen LogP contribution in [0.5, 0.6) is 5.75 Å². The van der Waals surface area contributed by atoms with E-state index in [0.717, 1.165) is 12.8 Å². The number of nitriles is 1. The first kappa shape index (κ1) is 13.5. The molecule has 5 nitrogen and oxygen atoms in total. The summed E-state index contributed by atoms with van der Waals surface area (Å²) in [5.41, 5.74) is 5.58. The Balaban J connectivity index is 1.78. The molecule has 5 heteroatoms. The van der Waals surface area contributed by atoms with Crippen LogP contribution < -0.4 is 10.5 Å². The second kappa shape index (κ2) is 6.83. The van der Waals surface area contributed by atoms with Crippen LogP contribution in [-0.2, 0) is 0 Å². The van der Waals surface area contributed by atoms with E-state index in [-0.39, 0.29) is 0 Å². The van der Waals surface area contributed by atoms with Gasteiger partial charge in [-0.05, 0) is 18.9 Å². The molecule has 0 radical (unpaired) electrons. The molecule has 0 spiro atoms. The van der Waals surface area contributed by atoms with Crippen LogP contribution in [0.2, 0.25) is 0 Å². The van der Waals surface area contributed by atoms with Crippen LogP contribution in [0.1, 0.15) is 32.1 Å². The molecule has 2 N–H and O–H groups in total. The zero-order chi connectivity index (χ0) is 13.5. The summed E-state index contributed by atoms with van der Waals surface area (Å²) in [6.45, 7) is 1.12. The van der Waals surface area contributed by atoms with Crippen LogP contribution >= 0.6 is 0 Å². The van der Waals surface area contributed by atoms with E-state index in [1.54, 1.807) is 18.3 Å². The lowest BCUT2D eigenvalue weighted by atomic mass is 9.94. The van der Waals surface area contributed by atoms with Gasteiger partial charge in [-0.3, -0.25) is 0 Å². The lowest BCUT2D eigenvalue weighted by Crippen LogP contribution is -2.35. The highest BCUT2D eigenvalue weighted by Gasteiger charge is 2.19. The number of aromatic nitrogens is 1. The molecule has 1 aromatic rings. The SMILES string of the molecule is N#CN(CCOc1ccnc(N)c1)C1CCCCC1. The summed E-state index contributed by atoms with van der Waals surface area (Å²) in [4.78, 5) is 5.76. The maximum Gasteiger partial charge on any atom is 0.179 e. The molecule has 0 aliphatic heterocycles. The quantitative estimate of drug-likeness (QED) is 0.648. The molecule has 102 valence electrons. The Labute approximate surface area is 114 Å². The molecule has 1 fully saturated rings. The van der Waals surface area contributed by atoms with Crippen molar-refractivity contribution in [2.45, 2.75) is 38.1 Å². The molecule has 0 aromatic carbocycles. The van der Waals surface area contributed by atoms with Crippen molar-refractivity contribution in [2.24, 2.45) is 0 Å². The maximum atomic E-state index is 9.21. The van der Waals surface area contributed by atoms with Crippen molar-refractivity contribution >= 4 is 5.82 Å². The van der Waals surface area contributed by atoms with E-state index in [9.17, 15) is 5.26 Å². The van der Waals surface area contributed by atoms with Gasteiger partial charge in [0.05, 0.1) is 6.54 Å². The highest BCUT2D eigenvalue weighted by Crippen LogP contribution is 2.22. The van der Waals surface area contributed by atoms with Gasteiger partial charge in [-0.1, -0.05) is 19.3 Å². The average Bonchev–Trinajstić information content (AvgIpc) is 2.45. The molecular weight excluding hydrogens is 240 g/mol. The molecule has 1 aliphatic rings. The third-order valence-electron chi connectivity index (χ3n) is 3.50. The Kier molecular flexibility index (Phi) is 4.85. The summed E-state index contributed by atoms with van der Waals surface area (Å²) in [7, 11) is 0. The molecule has 0 saturated heterocycles. The molecule has 0 unspecified atom stereocenters. The number of pyridine rings is 1. The molecule has 1 saturated carbocycles. The van der Waals surface area contributed by atoms with Crippen molar-refractivity contribution in [3.05, 3.63) is 18.3 Å². The van der Waals surface area contributed by atoms with Gasteiger partial charge >= 0.3 is 0 Å². The number of rotatable bonds is 5. The van der Waals surface area contributed by atoms with Gasteiger partial charge in [0.25, 0.3) is 0 Å². The number of ether oxygens (including phenoxy) is 1. The minimum atomic E-state index is 0.393. The van der Waals surface area contributed by atoms with E-state index in [1.807, 2.05) is 4.90 Å². The van der Waals surface area contributed by atoms with Gasteiger partial charge in [-0.15, -0.1) is 0 Å². The molecular formula is C14H20N4O. The minimum absolute atomic E-state index is 0.393. The van der Waals surface area contributed by atoms with E-state index in [1.165, 1.54) is 19.3 Å². The topological polar surface area (TPSA) is 75.2 Å². The molecule has 2 rings (SSSR count). The van der Waals surface area contributed by atoms with Crippen LogP contribution in [0.15, 0.2) is 18.3 Å². The van der Waals surface area contributed by atoms with Crippen molar-refractivity contribution in [3.63, 3.8) is 0 Å².